The number of hydrogen-bond acceptors (Lipinski definition) is 7. The molecule has 0 radical (unpaired) electrons. The third-order valence-electron chi connectivity index (χ3n) is 4.68. The largest absolute Gasteiger partial charge is 0.493 e. The zero-order chi connectivity index (χ0) is 23.9. The maximum atomic E-state index is 12.4. The van der Waals surface area contributed by atoms with Gasteiger partial charge in [0, 0.05) is 18.5 Å². The minimum absolute atomic E-state index is 0.122. The first kappa shape index (κ1) is 25.0. The fraction of sp³-hybridized carbons (Fsp3) is 0.333. The summed E-state index contributed by atoms with van der Waals surface area (Å²) in [6.45, 7) is 3.56. The van der Waals surface area contributed by atoms with E-state index in [4.69, 9.17) is 14.2 Å². The Morgan fingerprint density at radius 3 is 2.03 bits per heavy atom. The highest BCUT2D eigenvalue weighted by atomic mass is 32.2. The van der Waals surface area contributed by atoms with E-state index in [1.165, 1.54) is 39.5 Å². The number of benzene rings is 2. The molecule has 0 fully saturated rings. The van der Waals surface area contributed by atoms with Gasteiger partial charge >= 0.3 is 0 Å². The zero-order valence-corrected chi connectivity index (χ0v) is 19.4. The summed E-state index contributed by atoms with van der Waals surface area (Å²) in [5.41, 5.74) is 6.49. The molecule has 3 N–H and O–H groups in total. The lowest BCUT2D eigenvalue weighted by molar-refractivity contribution is -0.121. The van der Waals surface area contributed by atoms with Crippen LogP contribution >= 0.6 is 0 Å². The molecule has 0 aliphatic heterocycles. The molecule has 2 rings (SSSR count). The molecule has 2 aromatic rings. The molecule has 174 valence electrons. The van der Waals surface area contributed by atoms with Crippen molar-refractivity contribution < 1.29 is 32.2 Å². The highest BCUT2D eigenvalue weighted by Gasteiger charge is 2.18. The number of hydrazine groups is 1. The highest BCUT2D eigenvalue weighted by molar-refractivity contribution is 7.89. The van der Waals surface area contributed by atoms with Crippen LogP contribution in [0.15, 0.2) is 35.2 Å². The zero-order valence-electron chi connectivity index (χ0n) is 18.6. The van der Waals surface area contributed by atoms with Crippen LogP contribution in [0.5, 0.6) is 17.2 Å². The second kappa shape index (κ2) is 10.8. The summed E-state index contributed by atoms with van der Waals surface area (Å²) in [6, 6.07) is 7.65. The maximum Gasteiger partial charge on any atom is 0.269 e. The molecule has 0 aliphatic rings. The fourth-order valence-corrected chi connectivity index (χ4v) is 3.85. The average molecular weight is 466 g/mol. The molecule has 2 amide bonds. The Morgan fingerprint density at radius 1 is 0.875 bits per heavy atom. The summed E-state index contributed by atoms with van der Waals surface area (Å²) in [6.07, 6.45) is -0.181. The number of ether oxygens (including phenoxy) is 3. The Labute approximate surface area is 187 Å². The van der Waals surface area contributed by atoms with E-state index < -0.39 is 21.8 Å². The molecular weight excluding hydrogens is 438 g/mol. The summed E-state index contributed by atoms with van der Waals surface area (Å²) in [5, 5.41) is 0. The Hall–Kier alpha value is -3.31. The Balaban J connectivity index is 1.91. The standard InChI is InChI=1S/C21H27N3O7S/c1-13-6-7-16(10-14(13)2)32(27,28)22-9-8-19(25)23-24-21(26)15-11-17(29-3)20(31-5)18(12-15)30-4/h6-7,10-12,22H,8-9H2,1-5H3,(H,23,25)(H,24,26). The van der Waals surface area contributed by atoms with Crippen molar-refractivity contribution in [3.63, 3.8) is 0 Å². The van der Waals surface area contributed by atoms with Gasteiger partial charge in [0.05, 0.1) is 26.2 Å². The summed E-state index contributed by atoms with van der Waals surface area (Å²) in [7, 11) is 0.523. The van der Waals surface area contributed by atoms with Crippen molar-refractivity contribution in [2.75, 3.05) is 27.9 Å². The van der Waals surface area contributed by atoms with E-state index in [2.05, 4.69) is 15.6 Å². The molecule has 0 saturated carbocycles. The minimum atomic E-state index is -3.75. The molecule has 0 aliphatic carbocycles. The van der Waals surface area contributed by atoms with Crippen molar-refractivity contribution >= 4 is 21.8 Å². The van der Waals surface area contributed by atoms with Crippen molar-refractivity contribution in [3.05, 3.63) is 47.0 Å². The van der Waals surface area contributed by atoms with Gasteiger partial charge in [0.2, 0.25) is 21.7 Å². The third kappa shape index (κ3) is 6.11. The molecule has 11 heteroatoms. The monoisotopic (exact) mass is 465 g/mol. The van der Waals surface area contributed by atoms with Crippen molar-refractivity contribution in [2.45, 2.75) is 25.2 Å². The molecule has 0 saturated heterocycles. The SMILES string of the molecule is COc1cc(C(=O)NNC(=O)CCNS(=O)(=O)c2ccc(C)c(C)c2)cc(OC)c1OC. The van der Waals surface area contributed by atoms with Crippen LogP contribution in [-0.4, -0.2) is 48.1 Å². The number of hydrogen-bond donors (Lipinski definition) is 3. The number of rotatable bonds is 9. The van der Waals surface area contributed by atoms with Crippen LogP contribution in [-0.2, 0) is 14.8 Å². The molecule has 10 nitrogen and oxygen atoms in total. The van der Waals surface area contributed by atoms with Crippen LogP contribution in [0, 0.1) is 13.8 Å². The van der Waals surface area contributed by atoms with Gasteiger partial charge in [-0.2, -0.15) is 0 Å². The van der Waals surface area contributed by atoms with Crippen LogP contribution in [0.2, 0.25) is 0 Å². The Morgan fingerprint density at radius 2 is 1.50 bits per heavy atom. The lowest BCUT2D eigenvalue weighted by Crippen LogP contribution is -2.42. The number of carbonyl (C=O) groups excluding carboxylic acids is 2. The number of methoxy groups -OCH3 is 3. The van der Waals surface area contributed by atoms with Crippen LogP contribution in [0.4, 0.5) is 0 Å². The van der Waals surface area contributed by atoms with Crippen LogP contribution in [0.1, 0.15) is 27.9 Å². The maximum absolute atomic E-state index is 12.4. The first-order valence-corrected chi connectivity index (χ1v) is 11.1. The van der Waals surface area contributed by atoms with E-state index in [9.17, 15) is 18.0 Å². The van der Waals surface area contributed by atoms with Gasteiger partial charge in [-0.3, -0.25) is 20.4 Å². The number of amides is 2. The van der Waals surface area contributed by atoms with Crippen molar-refractivity contribution in [3.8, 4) is 17.2 Å². The molecule has 0 aromatic heterocycles. The molecule has 0 spiro atoms. The highest BCUT2D eigenvalue weighted by Crippen LogP contribution is 2.38. The molecule has 32 heavy (non-hydrogen) atoms. The van der Waals surface area contributed by atoms with Crippen LogP contribution < -0.4 is 29.8 Å². The van der Waals surface area contributed by atoms with Gasteiger partial charge in [-0.15, -0.1) is 0 Å². The first-order valence-electron chi connectivity index (χ1n) is 9.59. The van der Waals surface area contributed by atoms with E-state index in [-0.39, 0.29) is 34.9 Å². The smallest absolute Gasteiger partial charge is 0.269 e. The Bertz CT molecular complexity index is 1080. The second-order valence-electron chi connectivity index (χ2n) is 6.81. The predicted molar refractivity (Wildman–Crippen MR) is 117 cm³/mol. The quantitative estimate of drug-likeness (QED) is 0.478. The van der Waals surface area contributed by atoms with E-state index in [1.54, 1.807) is 12.1 Å². The predicted octanol–water partition coefficient (Wildman–Crippen LogP) is 1.46. The van der Waals surface area contributed by atoms with Crippen molar-refractivity contribution in [2.24, 2.45) is 0 Å². The van der Waals surface area contributed by atoms with E-state index in [0.717, 1.165) is 11.1 Å². The minimum Gasteiger partial charge on any atom is -0.493 e. The summed E-state index contributed by atoms with van der Waals surface area (Å²) in [4.78, 5) is 24.5. The molecule has 0 atom stereocenters. The van der Waals surface area contributed by atoms with Gasteiger partial charge in [0.15, 0.2) is 11.5 Å². The van der Waals surface area contributed by atoms with Gasteiger partial charge in [-0.25, -0.2) is 13.1 Å². The van der Waals surface area contributed by atoms with Gasteiger partial charge in [-0.1, -0.05) is 6.07 Å². The normalized spacial score (nSPS) is 10.9. The lowest BCUT2D eigenvalue weighted by atomic mass is 10.1. The van der Waals surface area contributed by atoms with Crippen LogP contribution in [0.25, 0.3) is 0 Å². The number of sulfonamides is 1. The van der Waals surface area contributed by atoms with Gasteiger partial charge in [0.25, 0.3) is 5.91 Å². The average Bonchev–Trinajstić information content (AvgIpc) is 2.77. The second-order valence-corrected chi connectivity index (χ2v) is 8.58. The molecule has 0 unspecified atom stereocenters. The van der Waals surface area contributed by atoms with Crippen LogP contribution in [0.3, 0.4) is 0 Å². The topological polar surface area (TPSA) is 132 Å². The number of nitrogens with one attached hydrogen (secondary N) is 3. The van der Waals surface area contributed by atoms with E-state index in [1.807, 2.05) is 13.8 Å². The summed E-state index contributed by atoms with van der Waals surface area (Å²) < 4.78 is 42.7. The first-order chi connectivity index (χ1) is 15.1. The molecule has 0 heterocycles. The van der Waals surface area contributed by atoms with Gasteiger partial charge < -0.3 is 14.2 Å². The summed E-state index contributed by atoms with van der Waals surface area (Å²) in [5.74, 6) is -0.304. The van der Waals surface area contributed by atoms with Crippen molar-refractivity contribution in [1.82, 2.24) is 15.6 Å². The van der Waals surface area contributed by atoms with E-state index >= 15 is 0 Å². The molecular formula is C21H27N3O7S. The molecule has 0 bridgehead atoms. The fourth-order valence-electron chi connectivity index (χ4n) is 2.74. The van der Waals surface area contributed by atoms with Gasteiger partial charge in [-0.05, 0) is 49.2 Å². The molecule has 2 aromatic carbocycles. The number of aryl methyl sites for hydroxylation is 2. The van der Waals surface area contributed by atoms with Gasteiger partial charge in [0.1, 0.15) is 0 Å². The summed E-state index contributed by atoms with van der Waals surface area (Å²) >= 11 is 0. The Kier molecular flexibility index (Phi) is 8.44. The van der Waals surface area contributed by atoms with E-state index in [0.29, 0.717) is 5.75 Å². The lowest BCUT2D eigenvalue weighted by Gasteiger charge is -2.14. The number of carbonyl (C=O) groups is 2. The third-order valence-corrected chi connectivity index (χ3v) is 6.13. The van der Waals surface area contributed by atoms with Crippen molar-refractivity contribution in [1.29, 1.82) is 0 Å².